The fourth-order valence-corrected chi connectivity index (χ4v) is 5.41. The molecule has 214 valence electrons. The standard InChI is InChI=1S/C27H31ClN10O3/c28-23-13-19(7-8-30-23)34-26(39)22-15-31-25-21(32-17-1-2-17)14-24(35-38(22)25)33-18-3-5-20(6-4-18)37(27(40)41)12-11-36-10-9-29-16-36/h7-10,13-18,20,32H,1-6,11-12H2,(H,33,35)(H,40,41)(H,30,34,39)/t18-,20-. The normalized spacial score (nSPS) is 18.7. The number of rotatable bonds is 10. The number of hydrogen-bond acceptors (Lipinski definition) is 8. The highest BCUT2D eigenvalue weighted by atomic mass is 35.5. The van der Waals surface area contributed by atoms with Crippen LogP contribution in [0.5, 0.6) is 0 Å². The van der Waals surface area contributed by atoms with Gasteiger partial charge in [-0.05, 0) is 50.7 Å². The van der Waals surface area contributed by atoms with Crippen molar-refractivity contribution in [2.24, 2.45) is 0 Å². The van der Waals surface area contributed by atoms with Crippen LogP contribution in [0.25, 0.3) is 5.65 Å². The average molecular weight is 579 g/mol. The van der Waals surface area contributed by atoms with Gasteiger partial charge in [0.15, 0.2) is 11.3 Å². The second-order valence-corrected chi connectivity index (χ2v) is 10.9. The first kappa shape index (κ1) is 26.8. The number of aromatic nitrogens is 6. The molecule has 2 saturated carbocycles. The maximum atomic E-state index is 13.2. The molecule has 0 spiro atoms. The molecule has 0 saturated heterocycles. The summed E-state index contributed by atoms with van der Waals surface area (Å²) in [5.41, 5.74) is 2.18. The van der Waals surface area contributed by atoms with Crippen LogP contribution >= 0.6 is 11.6 Å². The zero-order valence-electron chi connectivity index (χ0n) is 22.3. The Labute approximate surface area is 240 Å². The molecule has 2 fully saturated rings. The summed E-state index contributed by atoms with van der Waals surface area (Å²) in [5, 5.41) is 24.7. The highest BCUT2D eigenvalue weighted by Gasteiger charge is 2.30. The van der Waals surface area contributed by atoms with Crippen LogP contribution < -0.4 is 16.0 Å². The van der Waals surface area contributed by atoms with Crippen LogP contribution in [0.2, 0.25) is 5.15 Å². The van der Waals surface area contributed by atoms with Gasteiger partial charge < -0.3 is 30.5 Å². The SMILES string of the molecule is O=C(Nc1ccnc(Cl)c1)c1cnc2c(NC3CC3)cc(N[C@H]3CC[C@H](N(CCn4ccnc4)C(=O)O)CC3)nn12. The van der Waals surface area contributed by atoms with E-state index in [-0.39, 0.29) is 28.8 Å². The summed E-state index contributed by atoms with van der Waals surface area (Å²) in [5.74, 6) is 0.255. The molecule has 0 radical (unpaired) electrons. The van der Waals surface area contributed by atoms with Gasteiger partial charge in [0.1, 0.15) is 11.0 Å². The van der Waals surface area contributed by atoms with Crippen LogP contribution in [0.4, 0.5) is 22.0 Å². The molecule has 4 aromatic heterocycles. The van der Waals surface area contributed by atoms with Gasteiger partial charge in [0.2, 0.25) is 0 Å². The number of nitrogens with zero attached hydrogens (tertiary/aromatic N) is 7. The number of anilines is 3. The van der Waals surface area contributed by atoms with Gasteiger partial charge in [-0.2, -0.15) is 0 Å². The molecule has 0 bridgehead atoms. The van der Waals surface area contributed by atoms with Crippen LogP contribution in [0, 0.1) is 0 Å². The van der Waals surface area contributed by atoms with Gasteiger partial charge in [-0.25, -0.2) is 24.3 Å². The maximum Gasteiger partial charge on any atom is 0.407 e. The lowest BCUT2D eigenvalue weighted by molar-refractivity contribution is 0.101. The summed E-state index contributed by atoms with van der Waals surface area (Å²) < 4.78 is 3.44. The minimum absolute atomic E-state index is 0.0396. The van der Waals surface area contributed by atoms with Crippen LogP contribution in [-0.2, 0) is 6.54 Å². The van der Waals surface area contributed by atoms with E-state index < -0.39 is 6.09 Å². The van der Waals surface area contributed by atoms with Crippen molar-refractivity contribution in [3.8, 4) is 0 Å². The Morgan fingerprint density at radius 1 is 1.05 bits per heavy atom. The number of pyridine rings is 1. The third kappa shape index (κ3) is 6.35. The molecule has 6 rings (SSSR count). The smallest absolute Gasteiger partial charge is 0.407 e. The number of carbonyl (C=O) groups excluding carboxylic acids is 1. The molecular weight excluding hydrogens is 548 g/mol. The monoisotopic (exact) mass is 578 g/mol. The lowest BCUT2D eigenvalue weighted by atomic mass is 9.90. The van der Waals surface area contributed by atoms with Gasteiger partial charge in [-0.15, -0.1) is 5.10 Å². The van der Waals surface area contributed by atoms with Crippen molar-refractivity contribution in [2.45, 2.75) is 63.2 Å². The Bertz CT molecular complexity index is 1530. The zero-order valence-corrected chi connectivity index (χ0v) is 23.0. The molecule has 41 heavy (non-hydrogen) atoms. The summed E-state index contributed by atoms with van der Waals surface area (Å²) in [6, 6.07) is 5.62. The number of imidazole rings is 2. The van der Waals surface area contributed by atoms with Gasteiger partial charge >= 0.3 is 6.09 Å². The van der Waals surface area contributed by atoms with E-state index in [1.54, 1.807) is 34.1 Å². The van der Waals surface area contributed by atoms with Gasteiger partial charge in [0, 0.05) is 61.6 Å². The van der Waals surface area contributed by atoms with Crippen LogP contribution in [0.15, 0.2) is 49.3 Å². The van der Waals surface area contributed by atoms with E-state index in [0.717, 1.165) is 44.2 Å². The molecular formula is C27H31ClN10O3. The Morgan fingerprint density at radius 3 is 2.54 bits per heavy atom. The Hall–Kier alpha value is -4.39. The van der Waals surface area contributed by atoms with E-state index in [2.05, 4.69) is 30.9 Å². The van der Waals surface area contributed by atoms with Gasteiger partial charge in [0.25, 0.3) is 5.91 Å². The first-order valence-corrected chi connectivity index (χ1v) is 14.1. The van der Waals surface area contributed by atoms with Gasteiger partial charge in [-0.3, -0.25) is 4.79 Å². The minimum Gasteiger partial charge on any atom is -0.465 e. The first-order valence-electron chi connectivity index (χ1n) is 13.7. The molecule has 4 aromatic rings. The number of hydrogen-bond donors (Lipinski definition) is 4. The van der Waals surface area contributed by atoms with Crippen molar-refractivity contribution in [3.63, 3.8) is 0 Å². The molecule has 14 heteroatoms. The van der Waals surface area contributed by atoms with Gasteiger partial charge in [-0.1, -0.05) is 11.6 Å². The lowest BCUT2D eigenvalue weighted by Gasteiger charge is -2.35. The zero-order chi connectivity index (χ0) is 28.3. The highest BCUT2D eigenvalue weighted by molar-refractivity contribution is 6.29. The number of nitrogens with one attached hydrogen (secondary N) is 3. The van der Waals surface area contributed by atoms with Crippen LogP contribution in [-0.4, -0.2) is 75.8 Å². The van der Waals surface area contributed by atoms with Gasteiger partial charge in [0.05, 0.1) is 18.2 Å². The third-order valence-electron chi connectivity index (χ3n) is 7.52. The van der Waals surface area contributed by atoms with Crippen LogP contribution in [0.1, 0.15) is 49.0 Å². The lowest BCUT2D eigenvalue weighted by Crippen LogP contribution is -2.44. The molecule has 13 nitrogen and oxygen atoms in total. The van der Waals surface area contributed by atoms with Crippen molar-refractivity contribution >= 4 is 46.4 Å². The fraction of sp³-hybridized carbons (Fsp3) is 0.407. The molecule has 2 aliphatic carbocycles. The maximum absolute atomic E-state index is 13.2. The molecule has 2 aliphatic rings. The van der Waals surface area contributed by atoms with Crippen molar-refractivity contribution in [1.82, 2.24) is 34.0 Å². The summed E-state index contributed by atoms with van der Waals surface area (Å²) in [6.07, 6.45) is 12.6. The summed E-state index contributed by atoms with van der Waals surface area (Å²) in [7, 11) is 0. The summed E-state index contributed by atoms with van der Waals surface area (Å²) >= 11 is 5.97. The molecule has 4 N–H and O–H groups in total. The minimum atomic E-state index is -0.899. The number of halogens is 1. The van der Waals surface area contributed by atoms with Crippen LogP contribution in [0.3, 0.4) is 0 Å². The number of carbonyl (C=O) groups is 2. The quantitative estimate of drug-likeness (QED) is 0.203. The van der Waals surface area contributed by atoms with E-state index >= 15 is 0 Å². The Balaban J connectivity index is 1.16. The van der Waals surface area contributed by atoms with Crippen molar-refractivity contribution in [3.05, 3.63) is 60.2 Å². The van der Waals surface area contributed by atoms with E-state index in [0.29, 0.717) is 36.3 Å². The van der Waals surface area contributed by atoms with E-state index in [1.165, 1.54) is 12.4 Å². The molecule has 0 aliphatic heterocycles. The van der Waals surface area contributed by atoms with Crippen molar-refractivity contribution in [2.75, 3.05) is 22.5 Å². The molecule has 0 atom stereocenters. The Morgan fingerprint density at radius 2 is 1.83 bits per heavy atom. The number of carboxylic acid groups (broad SMARTS) is 1. The second kappa shape index (κ2) is 11.6. The van der Waals surface area contributed by atoms with E-state index in [4.69, 9.17) is 16.7 Å². The molecule has 4 heterocycles. The summed E-state index contributed by atoms with van der Waals surface area (Å²) in [4.78, 5) is 39.2. The first-order chi connectivity index (χ1) is 19.9. The van der Waals surface area contributed by atoms with E-state index in [9.17, 15) is 14.7 Å². The predicted octanol–water partition coefficient (Wildman–Crippen LogP) is 4.20. The fourth-order valence-electron chi connectivity index (χ4n) is 5.24. The average Bonchev–Trinajstić information content (AvgIpc) is 3.41. The molecule has 2 amide bonds. The largest absolute Gasteiger partial charge is 0.465 e. The number of fused-ring (bicyclic) bond motifs is 1. The number of amides is 2. The summed E-state index contributed by atoms with van der Waals surface area (Å²) in [6.45, 7) is 0.986. The molecule has 0 aromatic carbocycles. The second-order valence-electron chi connectivity index (χ2n) is 10.5. The van der Waals surface area contributed by atoms with Crippen molar-refractivity contribution < 1.29 is 14.7 Å². The van der Waals surface area contributed by atoms with Crippen molar-refractivity contribution in [1.29, 1.82) is 0 Å². The van der Waals surface area contributed by atoms with E-state index in [1.807, 2.05) is 16.8 Å². The molecule has 0 unspecified atom stereocenters. The predicted molar refractivity (Wildman–Crippen MR) is 153 cm³/mol. The topological polar surface area (TPSA) is 155 Å². The highest BCUT2D eigenvalue weighted by Crippen LogP contribution is 2.30. The Kier molecular flexibility index (Phi) is 7.59. The third-order valence-corrected chi connectivity index (χ3v) is 7.72.